The first-order valence-electron chi connectivity index (χ1n) is 5.77. The first-order valence-corrected chi connectivity index (χ1v) is 6.97. The topological polar surface area (TPSA) is 38.9 Å². The van der Waals surface area contributed by atoms with E-state index in [4.69, 9.17) is 17.3 Å². The number of nitrogens with zero attached hydrogens (tertiary/aromatic N) is 1. The molecule has 2 N–H and O–H groups in total. The molecule has 0 saturated carbocycles. The molecule has 0 radical (unpaired) electrons. The molecule has 0 unspecified atom stereocenters. The van der Waals surface area contributed by atoms with Crippen LogP contribution >= 0.6 is 22.9 Å². The van der Waals surface area contributed by atoms with Crippen molar-refractivity contribution in [3.05, 3.63) is 45.2 Å². The third kappa shape index (κ3) is 3.21. The van der Waals surface area contributed by atoms with Gasteiger partial charge in [-0.25, -0.2) is 9.37 Å². The summed E-state index contributed by atoms with van der Waals surface area (Å²) in [7, 11) is 0. The zero-order valence-electron chi connectivity index (χ0n) is 10.0. The van der Waals surface area contributed by atoms with E-state index < -0.39 is 0 Å². The Kier molecular flexibility index (Phi) is 4.19. The van der Waals surface area contributed by atoms with Crippen molar-refractivity contribution < 1.29 is 4.39 Å². The molecule has 18 heavy (non-hydrogen) atoms. The summed E-state index contributed by atoms with van der Waals surface area (Å²) in [6.45, 7) is 2.10. The fourth-order valence-electron chi connectivity index (χ4n) is 1.87. The van der Waals surface area contributed by atoms with Crippen molar-refractivity contribution in [2.75, 3.05) is 5.73 Å². The van der Waals surface area contributed by atoms with Gasteiger partial charge in [0.1, 0.15) is 5.82 Å². The van der Waals surface area contributed by atoms with Gasteiger partial charge in [0.05, 0.1) is 5.69 Å². The maximum Gasteiger partial charge on any atom is 0.180 e. The first-order chi connectivity index (χ1) is 8.58. The van der Waals surface area contributed by atoms with Crippen LogP contribution in [0.2, 0.25) is 5.02 Å². The van der Waals surface area contributed by atoms with Crippen LogP contribution in [-0.2, 0) is 12.8 Å². The number of nitrogens with two attached hydrogens (primary N) is 1. The van der Waals surface area contributed by atoms with Crippen molar-refractivity contribution in [2.24, 2.45) is 0 Å². The lowest BCUT2D eigenvalue weighted by Crippen LogP contribution is -1.93. The normalized spacial score (nSPS) is 10.8. The lowest BCUT2D eigenvalue weighted by molar-refractivity contribution is 0.626. The van der Waals surface area contributed by atoms with Gasteiger partial charge < -0.3 is 5.73 Å². The molecule has 0 amide bonds. The standard InChI is InChI=1S/C13H14ClFN2S/c1-2-3-11-12(18-13(16)17-11)6-8-4-9(14)7-10(15)5-8/h4-5,7H,2-3,6H2,1H3,(H2,16,17). The third-order valence-corrected chi connectivity index (χ3v) is 3.71. The van der Waals surface area contributed by atoms with Gasteiger partial charge in [0, 0.05) is 16.3 Å². The summed E-state index contributed by atoms with van der Waals surface area (Å²) >= 11 is 7.31. The third-order valence-electron chi connectivity index (χ3n) is 2.57. The summed E-state index contributed by atoms with van der Waals surface area (Å²) in [5.74, 6) is -0.313. The van der Waals surface area contributed by atoms with E-state index in [9.17, 15) is 4.39 Å². The number of nitrogen functional groups attached to an aromatic ring is 1. The van der Waals surface area contributed by atoms with Crippen molar-refractivity contribution in [3.8, 4) is 0 Å². The molecule has 2 nitrogen and oxygen atoms in total. The number of aromatic nitrogens is 1. The largest absolute Gasteiger partial charge is 0.375 e. The number of halogens is 2. The molecule has 1 aromatic carbocycles. The highest BCUT2D eigenvalue weighted by Gasteiger charge is 2.10. The molecule has 0 bridgehead atoms. The summed E-state index contributed by atoms with van der Waals surface area (Å²) in [4.78, 5) is 5.40. The van der Waals surface area contributed by atoms with E-state index in [1.807, 2.05) is 0 Å². The van der Waals surface area contributed by atoms with E-state index >= 15 is 0 Å². The van der Waals surface area contributed by atoms with Crippen molar-refractivity contribution in [3.63, 3.8) is 0 Å². The van der Waals surface area contributed by atoms with Crippen molar-refractivity contribution in [1.29, 1.82) is 0 Å². The van der Waals surface area contributed by atoms with E-state index in [1.54, 1.807) is 6.07 Å². The molecule has 0 fully saturated rings. The molecule has 5 heteroatoms. The minimum absolute atomic E-state index is 0.313. The van der Waals surface area contributed by atoms with Gasteiger partial charge >= 0.3 is 0 Å². The zero-order chi connectivity index (χ0) is 13.1. The van der Waals surface area contributed by atoms with Gasteiger partial charge in [-0.1, -0.05) is 24.9 Å². The minimum Gasteiger partial charge on any atom is -0.375 e. The Morgan fingerprint density at radius 1 is 1.39 bits per heavy atom. The highest BCUT2D eigenvalue weighted by molar-refractivity contribution is 7.15. The summed E-state index contributed by atoms with van der Waals surface area (Å²) in [5.41, 5.74) is 7.59. The van der Waals surface area contributed by atoms with Gasteiger partial charge in [0.25, 0.3) is 0 Å². The molecule has 1 heterocycles. The number of thiazole rings is 1. The van der Waals surface area contributed by atoms with Crippen LogP contribution in [-0.4, -0.2) is 4.98 Å². The molecular formula is C13H14ClFN2S. The number of anilines is 1. The number of rotatable bonds is 4. The Morgan fingerprint density at radius 2 is 2.17 bits per heavy atom. The summed E-state index contributed by atoms with van der Waals surface area (Å²) in [6, 6.07) is 4.58. The lowest BCUT2D eigenvalue weighted by Gasteiger charge is -2.03. The first kappa shape index (κ1) is 13.3. The number of aryl methyl sites for hydroxylation is 1. The molecule has 0 spiro atoms. The fraction of sp³-hybridized carbons (Fsp3) is 0.308. The summed E-state index contributed by atoms with van der Waals surface area (Å²) in [6.07, 6.45) is 2.54. The average Bonchev–Trinajstić information content (AvgIpc) is 2.58. The molecule has 1 aromatic heterocycles. The molecule has 0 saturated heterocycles. The van der Waals surface area contributed by atoms with Crippen LogP contribution in [0.4, 0.5) is 9.52 Å². The second kappa shape index (κ2) is 5.67. The van der Waals surface area contributed by atoms with E-state index in [-0.39, 0.29) is 5.82 Å². The van der Waals surface area contributed by atoms with Crippen LogP contribution in [0.1, 0.15) is 29.5 Å². The molecule has 0 aliphatic heterocycles. The van der Waals surface area contributed by atoms with Gasteiger partial charge in [-0.2, -0.15) is 0 Å². The Morgan fingerprint density at radius 3 is 2.83 bits per heavy atom. The number of hydrogen-bond acceptors (Lipinski definition) is 3. The Labute approximate surface area is 115 Å². The van der Waals surface area contributed by atoms with Crippen molar-refractivity contribution in [2.45, 2.75) is 26.2 Å². The van der Waals surface area contributed by atoms with E-state index in [0.29, 0.717) is 16.6 Å². The van der Waals surface area contributed by atoms with Crippen LogP contribution in [0.15, 0.2) is 18.2 Å². The van der Waals surface area contributed by atoms with Crippen LogP contribution in [0.25, 0.3) is 0 Å². The lowest BCUT2D eigenvalue weighted by atomic mass is 10.1. The zero-order valence-corrected chi connectivity index (χ0v) is 11.6. The second-order valence-corrected chi connectivity index (χ2v) is 5.68. The molecule has 0 aliphatic carbocycles. The van der Waals surface area contributed by atoms with E-state index in [2.05, 4.69) is 11.9 Å². The van der Waals surface area contributed by atoms with Crippen molar-refractivity contribution in [1.82, 2.24) is 4.98 Å². The molecule has 0 atom stereocenters. The van der Waals surface area contributed by atoms with Crippen LogP contribution in [0.5, 0.6) is 0 Å². The summed E-state index contributed by atoms with van der Waals surface area (Å²) in [5, 5.41) is 0.982. The van der Waals surface area contributed by atoms with Gasteiger partial charge in [-0.3, -0.25) is 0 Å². The molecule has 0 aliphatic rings. The molecular weight excluding hydrogens is 271 g/mol. The fourth-order valence-corrected chi connectivity index (χ4v) is 3.03. The monoisotopic (exact) mass is 284 g/mol. The Hall–Kier alpha value is -1.13. The average molecular weight is 285 g/mol. The second-order valence-electron chi connectivity index (χ2n) is 4.13. The Bertz CT molecular complexity index is 534. The molecule has 2 rings (SSSR count). The predicted molar refractivity (Wildman–Crippen MR) is 74.7 cm³/mol. The van der Waals surface area contributed by atoms with E-state index in [1.165, 1.54) is 23.5 Å². The summed E-state index contributed by atoms with van der Waals surface area (Å²) < 4.78 is 13.3. The highest BCUT2D eigenvalue weighted by Crippen LogP contribution is 2.26. The van der Waals surface area contributed by atoms with Gasteiger partial charge in [0.2, 0.25) is 0 Å². The number of benzene rings is 1. The quantitative estimate of drug-likeness (QED) is 0.919. The maximum atomic E-state index is 13.3. The maximum absolute atomic E-state index is 13.3. The van der Waals surface area contributed by atoms with Gasteiger partial charge in [-0.05, 0) is 30.2 Å². The predicted octanol–water partition coefficient (Wildman–Crippen LogP) is 4.06. The van der Waals surface area contributed by atoms with Crippen LogP contribution < -0.4 is 5.73 Å². The van der Waals surface area contributed by atoms with Crippen molar-refractivity contribution >= 4 is 28.1 Å². The Balaban J connectivity index is 2.27. The van der Waals surface area contributed by atoms with Crippen LogP contribution in [0, 0.1) is 5.82 Å². The highest BCUT2D eigenvalue weighted by atomic mass is 35.5. The number of hydrogen-bond donors (Lipinski definition) is 1. The molecule has 2 aromatic rings. The van der Waals surface area contributed by atoms with E-state index in [0.717, 1.165) is 29.0 Å². The SMILES string of the molecule is CCCc1nc(N)sc1Cc1cc(F)cc(Cl)c1. The minimum atomic E-state index is -0.313. The molecule has 96 valence electrons. The van der Waals surface area contributed by atoms with Gasteiger partial charge in [-0.15, -0.1) is 11.3 Å². The van der Waals surface area contributed by atoms with Gasteiger partial charge in [0.15, 0.2) is 5.13 Å². The smallest absolute Gasteiger partial charge is 0.180 e. The van der Waals surface area contributed by atoms with Crippen LogP contribution in [0.3, 0.4) is 0 Å².